The van der Waals surface area contributed by atoms with Crippen molar-refractivity contribution in [3.63, 3.8) is 0 Å². The van der Waals surface area contributed by atoms with Gasteiger partial charge >= 0.3 is 12.1 Å². The van der Waals surface area contributed by atoms with Gasteiger partial charge in [0.25, 0.3) is 5.91 Å². The fraction of sp³-hybridized carbons (Fsp3) is 0.316. The van der Waals surface area contributed by atoms with Gasteiger partial charge in [-0.2, -0.15) is 0 Å². The van der Waals surface area contributed by atoms with Crippen LogP contribution < -0.4 is 5.32 Å². The van der Waals surface area contributed by atoms with Crippen LogP contribution in [0.1, 0.15) is 38.1 Å². The molecule has 1 aliphatic heterocycles. The van der Waals surface area contributed by atoms with E-state index in [-0.39, 0.29) is 34.3 Å². The molecule has 1 aromatic carbocycles. The summed E-state index contributed by atoms with van der Waals surface area (Å²) in [5.41, 5.74) is 1.05. The highest BCUT2D eigenvalue weighted by molar-refractivity contribution is 7.17. The molecule has 0 aliphatic carbocycles. The Hall–Kier alpha value is -2.65. The predicted molar refractivity (Wildman–Crippen MR) is 106 cm³/mol. The van der Waals surface area contributed by atoms with Gasteiger partial charge in [-0.25, -0.2) is 14.0 Å². The number of carbonyl (C=O) groups excluding carboxylic acids is 3. The molecule has 2 heterocycles. The first-order valence-electron chi connectivity index (χ1n) is 8.76. The number of nitrogens with zero attached hydrogens (tertiary/aromatic N) is 1. The molecule has 0 spiro atoms. The number of methoxy groups -OCH3 is 1. The van der Waals surface area contributed by atoms with Gasteiger partial charge in [-0.1, -0.05) is 11.6 Å². The molecule has 7 nitrogen and oxygen atoms in total. The third-order valence-electron chi connectivity index (χ3n) is 4.38. The second-order valence-electron chi connectivity index (χ2n) is 6.15. The Labute approximate surface area is 175 Å². The fourth-order valence-electron chi connectivity index (χ4n) is 3.02. The Morgan fingerprint density at radius 1 is 1.34 bits per heavy atom. The van der Waals surface area contributed by atoms with Crippen LogP contribution >= 0.6 is 22.9 Å². The minimum absolute atomic E-state index is 0.0445. The first-order chi connectivity index (χ1) is 13.8. The maximum absolute atomic E-state index is 13.2. The van der Waals surface area contributed by atoms with E-state index in [9.17, 15) is 18.8 Å². The Bertz CT molecular complexity index is 978. The second-order valence-corrected chi connectivity index (χ2v) is 7.66. The van der Waals surface area contributed by atoms with Crippen molar-refractivity contribution < 1.29 is 28.2 Å². The fourth-order valence-corrected chi connectivity index (χ4v) is 4.52. The molecule has 0 radical (unpaired) electrons. The number of anilines is 1. The molecule has 0 unspecified atom stereocenters. The van der Waals surface area contributed by atoms with Crippen LogP contribution in [0, 0.1) is 5.82 Å². The molecule has 2 amide bonds. The largest absolute Gasteiger partial charge is 0.465 e. The van der Waals surface area contributed by atoms with Crippen molar-refractivity contribution in [2.24, 2.45) is 0 Å². The first kappa shape index (κ1) is 21.1. The van der Waals surface area contributed by atoms with Crippen molar-refractivity contribution >= 4 is 45.9 Å². The van der Waals surface area contributed by atoms with Crippen molar-refractivity contribution in [3.05, 3.63) is 50.6 Å². The number of hydrogen-bond acceptors (Lipinski definition) is 6. The van der Waals surface area contributed by atoms with Crippen LogP contribution in [0.2, 0.25) is 5.02 Å². The van der Waals surface area contributed by atoms with Crippen LogP contribution in [-0.4, -0.2) is 43.1 Å². The molecular formula is C19H18ClFN2O5S. The standard InChI is InChI=1S/C19H18ClFN2O5S/c1-3-28-19(26)23-7-6-12-14(9-23)29-17(15(12)18(25)27-2)22-16(24)11-5-4-10(21)8-13(11)20/h4-5,8H,3,6-7,9H2,1-2H3,(H,22,24). The minimum atomic E-state index is -0.590. The monoisotopic (exact) mass is 440 g/mol. The van der Waals surface area contributed by atoms with E-state index in [1.807, 2.05) is 0 Å². The molecule has 29 heavy (non-hydrogen) atoms. The maximum atomic E-state index is 13.2. The van der Waals surface area contributed by atoms with Gasteiger partial charge in [0.2, 0.25) is 0 Å². The molecule has 0 atom stereocenters. The molecule has 10 heteroatoms. The highest BCUT2D eigenvalue weighted by Crippen LogP contribution is 2.38. The van der Waals surface area contributed by atoms with Crippen LogP contribution in [0.4, 0.5) is 14.2 Å². The van der Waals surface area contributed by atoms with E-state index in [0.29, 0.717) is 13.0 Å². The smallest absolute Gasteiger partial charge is 0.410 e. The van der Waals surface area contributed by atoms with Gasteiger partial charge in [-0.15, -0.1) is 11.3 Å². The molecular weight excluding hydrogens is 423 g/mol. The average Bonchev–Trinajstić information content (AvgIpc) is 3.04. The lowest BCUT2D eigenvalue weighted by Crippen LogP contribution is -2.36. The number of thiophene rings is 1. The topological polar surface area (TPSA) is 84.9 Å². The number of hydrogen-bond donors (Lipinski definition) is 1. The van der Waals surface area contributed by atoms with Crippen LogP contribution in [-0.2, 0) is 22.4 Å². The minimum Gasteiger partial charge on any atom is -0.465 e. The third kappa shape index (κ3) is 4.35. The van der Waals surface area contributed by atoms with Gasteiger partial charge in [-0.3, -0.25) is 4.79 Å². The number of ether oxygens (including phenoxy) is 2. The lowest BCUT2D eigenvalue weighted by atomic mass is 10.0. The zero-order valence-electron chi connectivity index (χ0n) is 15.7. The van der Waals surface area contributed by atoms with Crippen LogP contribution in [0.5, 0.6) is 0 Å². The molecule has 0 bridgehead atoms. The highest BCUT2D eigenvalue weighted by atomic mass is 35.5. The summed E-state index contributed by atoms with van der Waals surface area (Å²) in [7, 11) is 1.25. The van der Waals surface area contributed by atoms with Crippen LogP contribution in [0.3, 0.4) is 0 Å². The van der Waals surface area contributed by atoms with E-state index in [2.05, 4.69) is 5.32 Å². The van der Waals surface area contributed by atoms with Gasteiger partial charge in [0, 0.05) is 11.4 Å². The van der Waals surface area contributed by atoms with E-state index >= 15 is 0 Å². The molecule has 1 aromatic heterocycles. The first-order valence-corrected chi connectivity index (χ1v) is 9.96. The second kappa shape index (κ2) is 8.79. The zero-order chi connectivity index (χ0) is 21.1. The van der Waals surface area contributed by atoms with Crippen molar-refractivity contribution in [1.82, 2.24) is 4.90 Å². The summed E-state index contributed by atoms with van der Waals surface area (Å²) < 4.78 is 23.2. The molecule has 0 saturated carbocycles. The summed E-state index contributed by atoms with van der Waals surface area (Å²) >= 11 is 7.14. The molecule has 1 N–H and O–H groups in total. The number of nitrogens with one attached hydrogen (secondary N) is 1. The van der Waals surface area contributed by atoms with E-state index in [4.69, 9.17) is 21.1 Å². The number of halogens is 2. The Morgan fingerprint density at radius 2 is 2.10 bits per heavy atom. The lowest BCUT2D eigenvalue weighted by Gasteiger charge is -2.26. The average molecular weight is 441 g/mol. The summed E-state index contributed by atoms with van der Waals surface area (Å²) in [6, 6.07) is 3.42. The molecule has 0 saturated heterocycles. The quantitative estimate of drug-likeness (QED) is 0.723. The lowest BCUT2D eigenvalue weighted by molar-refractivity contribution is 0.0600. The molecule has 154 valence electrons. The summed E-state index contributed by atoms with van der Waals surface area (Å²) in [5.74, 6) is -1.74. The summed E-state index contributed by atoms with van der Waals surface area (Å²) in [6.45, 7) is 2.63. The van der Waals surface area contributed by atoms with Crippen molar-refractivity contribution in [3.8, 4) is 0 Å². The molecule has 0 fully saturated rings. The summed E-state index contributed by atoms with van der Waals surface area (Å²) in [5, 5.41) is 2.91. The maximum Gasteiger partial charge on any atom is 0.410 e. The number of rotatable bonds is 4. The Kier molecular flexibility index (Phi) is 6.39. The summed E-state index contributed by atoms with van der Waals surface area (Å²) in [6.07, 6.45) is -0.0164. The van der Waals surface area contributed by atoms with Gasteiger partial charge in [0.15, 0.2) is 0 Å². The number of amides is 2. The van der Waals surface area contributed by atoms with Crippen molar-refractivity contribution in [2.45, 2.75) is 19.9 Å². The van der Waals surface area contributed by atoms with Crippen molar-refractivity contribution in [1.29, 1.82) is 0 Å². The van der Waals surface area contributed by atoms with Gasteiger partial charge in [0.05, 0.1) is 36.4 Å². The van der Waals surface area contributed by atoms with Gasteiger partial charge in [0.1, 0.15) is 10.8 Å². The molecule has 2 aromatic rings. The number of fused-ring (bicyclic) bond motifs is 1. The summed E-state index contributed by atoms with van der Waals surface area (Å²) in [4.78, 5) is 39.3. The van der Waals surface area contributed by atoms with E-state index in [1.54, 1.807) is 6.92 Å². The predicted octanol–water partition coefficient (Wildman–Crippen LogP) is 4.09. The SMILES string of the molecule is CCOC(=O)N1CCc2c(sc(NC(=O)c3ccc(F)cc3Cl)c2C(=O)OC)C1. The Balaban J connectivity index is 1.92. The van der Waals surface area contributed by atoms with E-state index in [1.165, 1.54) is 29.4 Å². The van der Waals surface area contributed by atoms with Gasteiger partial charge in [-0.05, 0) is 37.1 Å². The van der Waals surface area contributed by atoms with Gasteiger partial charge < -0.3 is 19.7 Å². The van der Waals surface area contributed by atoms with E-state index < -0.39 is 23.8 Å². The van der Waals surface area contributed by atoms with Crippen LogP contribution in [0.25, 0.3) is 0 Å². The number of benzene rings is 1. The Morgan fingerprint density at radius 3 is 2.76 bits per heavy atom. The van der Waals surface area contributed by atoms with Crippen molar-refractivity contribution in [2.75, 3.05) is 25.6 Å². The zero-order valence-corrected chi connectivity index (χ0v) is 17.3. The number of esters is 1. The third-order valence-corrected chi connectivity index (χ3v) is 5.82. The number of carbonyl (C=O) groups is 3. The highest BCUT2D eigenvalue weighted by Gasteiger charge is 2.31. The van der Waals surface area contributed by atoms with Crippen LogP contribution in [0.15, 0.2) is 18.2 Å². The normalized spacial score (nSPS) is 12.9. The molecule has 3 rings (SSSR count). The van der Waals surface area contributed by atoms with E-state index in [0.717, 1.165) is 22.6 Å². The molecule has 1 aliphatic rings.